The number of aliphatic hydroxyl groups excluding tert-OH is 2. The second-order valence-electron chi connectivity index (χ2n) is 24.9. The number of amides is 1. The largest absolute Gasteiger partial charge is 0.466 e. The average molecular weight is 1120 g/mol. The zero-order chi connectivity index (χ0) is 57.8. The topological polar surface area (TPSA) is 95.9 Å². The van der Waals surface area contributed by atoms with E-state index in [1.165, 1.54) is 327 Å². The van der Waals surface area contributed by atoms with E-state index in [-0.39, 0.29) is 18.5 Å². The molecular formula is C74H141NO5. The number of aliphatic hydroxyl groups is 2. The monoisotopic (exact) mass is 1120 g/mol. The van der Waals surface area contributed by atoms with E-state index in [1.807, 2.05) is 6.08 Å². The zero-order valence-electron chi connectivity index (χ0n) is 54.1. The Bertz CT molecular complexity index is 1300. The highest BCUT2D eigenvalue weighted by Crippen LogP contribution is 2.19. The van der Waals surface area contributed by atoms with Crippen LogP contribution in [0.25, 0.3) is 0 Å². The molecule has 0 aromatic carbocycles. The van der Waals surface area contributed by atoms with E-state index < -0.39 is 12.1 Å². The lowest BCUT2D eigenvalue weighted by molar-refractivity contribution is -0.143. The van der Waals surface area contributed by atoms with E-state index in [9.17, 15) is 19.8 Å². The quantitative estimate of drug-likeness (QED) is 0.0320. The van der Waals surface area contributed by atoms with E-state index >= 15 is 0 Å². The molecule has 0 aliphatic rings. The van der Waals surface area contributed by atoms with Gasteiger partial charge in [-0.2, -0.15) is 0 Å². The van der Waals surface area contributed by atoms with Crippen molar-refractivity contribution >= 4 is 11.9 Å². The number of esters is 1. The summed E-state index contributed by atoms with van der Waals surface area (Å²) in [7, 11) is 0. The summed E-state index contributed by atoms with van der Waals surface area (Å²) in [5, 5.41) is 23.2. The van der Waals surface area contributed by atoms with Crippen LogP contribution in [-0.2, 0) is 14.3 Å². The standard InChI is InChI=1S/C74H141NO5/c1-3-5-7-9-11-13-15-17-38-42-46-50-54-58-62-66-72(77)71(70-76)75-73(78)67-63-59-55-51-47-43-40-36-34-32-30-28-26-24-22-20-19-21-23-25-27-29-31-33-35-37-41-45-49-53-57-61-65-69-80-74(79)68-64-60-56-52-48-44-39-18-16-14-12-10-8-6-4-2/h23,25,29,31,62,66,71-72,76-77H,3-22,24,26-28,30,32-61,63-65,67-70H2,1-2H3,(H,75,78)/b25-23-,31-29-,66-62+. The van der Waals surface area contributed by atoms with Gasteiger partial charge in [0, 0.05) is 12.8 Å². The van der Waals surface area contributed by atoms with Crippen molar-refractivity contribution in [3.8, 4) is 0 Å². The van der Waals surface area contributed by atoms with E-state index in [0.717, 1.165) is 44.9 Å². The Morgan fingerprint density at radius 3 is 0.950 bits per heavy atom. The van der Waals surface area contributed by atoms with Crippen LogP contribution in [0.2, 0.25) is 0 Å². The molecule has 0 aliphatic heterocycles. The molecule has 0 aromatic rings. The molecule has 0 rings (SSSR count). The summed E-state index contributed by atoms with van der Waals surface area (Å²) < 4.78 is 5.50. The zero-order valence-corrected chi connectivity index (χ0v) is 54.1. The lowest BCUT2D eigenvalue weighted by Crippen LogP contribution is -2.45. The van der Waals surface area contributed by atoms with Gasteiger partial charge in [-0.15, -0.1) is 0 Å². The fourth-order valence-corrected chi connectivity index (χ4v) is 11.4. The smallest absolute Gasteiger partial charge is 0.305 e. The normalized spacial score (nSPS) is 12.7. The highest BCUT2D eigenvalue weighted by atomic mass is 16.5. The molecule has 0 bridgehead atoms. The highest BCUT2D eigenvalue weighted by Gasteiger charge is 2.18. The van der Waals surface area contributed by atoms with E-state index in [2.05, 4.69) is 43.5 Å². The predicted octanol–water partition coefficient (Wildman–Crippen LogP) is 23.5. The molecule has 3 N–H and O–H groups in total. The summed E-state index contributed by atoms with van der Waals surface area (Å²) in [6.07, 6.45) is 89.5. The maximum Gasteiger partial charge on any atom is 0.305 e. The Morgan fingerprint density at radius 1 is 0.350 bits per heavy atom. The van der Waals surface area contributed by atoms with Gasteiger partial charge in [0.25, 0.3) is 0 Å². The number of allylic oxidation sites excluding steroid dienone is 5. The molecule has 0 fully saturated rings. The summed E-state index contributed by atoms with van der Waals surface area (Å²) in [5.74, 6) is -0.0466. The van der Waals surface area contributed by atoms with Crippen LogP contribution in [0.1, 0.15) is 399 Å². The van der Waals surface area contributed by atoms with Gasteiger partial charge in [-0.25, -0.2) is 0 Å². The minimum Gasteiger partial charge on any atom is -0.466 e. The number of hydrogen-bond donors (Lipinski definition) is 3. The highest BCUT2D eigenvalue weighted by molar-refractivity contribution is 5.76. The molecule has 472 valence electrons. The first kappa shape index (κ1) is 78.1. The summed E-state index contributed by atoms with van der Waals surface area (Å²) in [6, 6.07) is -0.626. The molecule has 2 unspecified atom stereocenters. The van der Waals surface area contributed by atoms with Crippen molar-refractivity contribution in [2.24, 2.45) is 0 Å². The van der Waals surface area contributed by atoms with Crippen LogP contribution < -0.4 is 5.32 Å². The molecule has 0 aromatic heterocycles. The minimum absolute atomic E-state index is 0.0173. The van der Waals surface area contributed by atoms with Crippen molar-refractivity contribution in [2.45, 2.75) is 411 Å². The molecule has 6 heteroatoms. The molecule has 0 saturated carbocycles. The molecular weight excluding hydrogens is 983 g/mol. The van der Waals surface area contributed by atoms with Crippen molar-refractivity contribution < 1.29 is 24.5 Å². The Balaban J connectivity index is 3.38. The fraction of sp³-hybridized carbons (Fsp3) is 0.892. The summed E-state index contributed by atoms with van der Waals surface area (Å²) in [5.41, 5.74) is 0. The first-order valence-corrected chi connectivity index (χ1v) is 36.3. The van der Waals surface area contributed by atoms with Crippen LogP contribution >= 0.6 is 0 Å². The second-order valence-corrected chi connectivity index (χ2v) is 24.9. The predicted molar refractivity (Wildman–Crippen MR) is 352 cm³/mol. The van der Waals surface area contributed by atoms with E-state index in [1.54, 1.807) is 6.08 Å². The van der Waals surface area contributed by atoms with Crippen LogP contribution in [0.4, 0.5) is 0 Å². The van der Waals surface area contributed by atoms with Gasteiger partial charge in [0.15, 0.2) is 0 Å². The number of nitrogens with one attached hydrogen (secondary N) is 1. The number of carbonyl (C=O) groups excluding carboxylic acids is 2. The number of rotatable bonds is 68. The molecule has 1 amide bonds. The van der Waals surface area contributed by atoms with Crippen LogP contribution in [0, 0.1) is 0 Å². The van der Waals surface area contributed by atoms with Gasteiger partial charge in [0.1, 0.15) is 0 Å². The molecule has 0 saturated heterocycles. The number of unbranched alkanes of at least 4 members (excludes halogenated alkanes) is 53. The van der Waals surface area contributed by atoms with Gasteiger partial charge in [0.05, 0.1) is 25.4 Å². The van der Waals surface area contributed by atoms with Gasteiger partial charge in [-0.1, -0.05) is 359 Å². The van der Waals surface area contributed by atoms with Crippen molar-refractivity contribution in [1.29, 1.82) is 0 Å². The molecule has 0 radical (unpaired) electrons. The fourth-order valence-electron chi connectivity index (χ4n) is 11.4. The summed E-state index contributed by atoms with van der Waals surface area (Å²) >= 11 is 0. The number of hydrogen-bond acceptors (Lipinski definition) is 5. The van der Waals surface area contributed by atoms with Crippen molar-refractivity contribution in [3.05, 3.63) is 36.5 Å². The Morgan fingerprint density at radius 2 is 0.625 bits per heavy atom. The van der Waals surface area contributed by atoms with Crippen LogP contribution in [0.15, 0.2) is 36.5 Å². The maximum atomic E-state index is 12.5. The minimum atomic E-state index is -0.843. The lowest BCUT2D eigenvalue weighted by atomic mass is 10.0. The van der Waals surface area contributed by atoms with Crippen molar-refractivity contribution in [2.75, 3.05) is 13.2 Å². The third kappa shape index (κ3) is 65.2. The molecule has 80 heavy (non-hydrogen) atoms. The SMILES string of the molecule is CCCCCCCCCCCCCCC/C=C/C(O)C(CO)NC(=O)CCCCCCCCCCCCCCCCCCC/C=C\C/C=C\CCCCCCCCCCCOC(=O)CCCCCCCCCCCCCCCCC. The van der Waals surface area contributed by atoms with Gasteiger partial charge in [-0.3, -0.25) is 9.59 Å². The molecule has 0 heterocycles. The van der Waals surface area contributed by atoms with Gasteiger partial charge >= 0.3 is 5.97 Å². The number of ether oxygens (including phenoxy) is 1. The molecule has 0 spiro atoms. The van der Waals surface area contributed by atoms with Crippen LogP contribution in [0.5, 0.6) is 0 Å². The van der Waals surface area contributed by atoms with Gasteiger partial charge in [-0.05, 0) is 64.2 Å². The van der Waals surface area contributed by atoms with Gasteiger partial charge in [0.2, 0.25) is 5.91 Å². The average Bonchev–Trinajstić information content (AvgIpc) is 3.46. The first-order valence-electron chi connectivity index (χ1n) is 36.3. The Labute approximate surface area is 500 Å². The van der Waals surface area contributed by atoms with E-state index in [4.69, 9.17) is 4.74 Å². The Hall–Kier alpha value is -1.92. The Kier molecular flexibility index (Phi) is 67.9. The van der Waals surface area contributed by atoms with Crippen molar-refractivity contribution in [3.63, 3.8) is 0 Å². The van der Waals surface area contributed by atoms with Gasteiger partial charge < -0.3 is 20.3 Å². The van der Waals surface area contributed by atoms with Crippen LogP contribution in [0.3, 0.4) is 0 Å². The summed E-state index contributed by atoms with van der Waals surface area (Å²) in [6.45, 7) is 4.93. The van der Waals surface area contributed by atoms with Crippen molar-refractivity contribution in [1.82, 2.24) is 5.32 Å². The number of carbonyl (C=O) groups is 2. The van der Waals surface area contributed by atoms with Crippen LogP contribution in [-0.4, -0.2) is 47.4 Å². The summed E-state index contributed by atoms with van der Waals surface area (Å²) in [4.78, 5) is 24.6. The molecule has 0 aliphatic carbocycles. The lowest BCUT2D eigenvalue weighted by Gasteiger charge is -2.20. The first-order chi connectivity index (χ1) is 39.5. The van der Waals surface area contributed by atoms with E-state index in [0.29, 0.717) is 19.4 Å². The molecule has 6 nitrogen and oxygen atoms in total. The third-order valence-corrected chi connectivity index (χ3v) is 16.9. The third-order valence-electron chi connectivity index (χ3n) is 16.9. The molecule has 2 atom stereocenters. The maximum absolute atomic E-state index is 12.5. The second kappa shape index (κ2) is 69.6.